The number of fused-ring (bicyclic) bond motifs is 10. The molecule has 0 aromatic heterocycles. The summed E-state index contributed by atoms with van der Waals surface area (Å²) >= 11 is 0. The van der Waals surface area contributed by atoms with Crippen LogP contribution in [0.5, 0.6) is 0 Å². The monoisotopic (exact) mass is 294 g/mol. The van der Waals surface area contributed by atoms with E-state index in [4.69, 9.17) is 4.74 Å². The first-order valence-electron chi connectivity index (χ1n) is 10.4. The van der Waals surface area contributed by atoms with E-state index in [0.29, 0.717) is 16.4 Å². The molecule has 8 rings (SSSR count). The standard InChI is InChI=1S/C21H26O/c1-19-15-8-3-2-4-9(8)16-13(15)14-17-10-5-6-11(12(10)18(14)19)21(19)20(16,17)7-22-21/h8-18H,2-7H2,1H3. The molecule has 116 valence electrons. The maximum absolute atomic E-state index is 6.86. The second kappa shape index (κ2) is 2.49. The zero-order chi connectivity index (χ0) is 13.8. The van der Waals surface area contributed by atoms with Crippen molar-refractivity contribution >= 4 is 0 Å². The van der Waals surface area contributed by atoms with Crippen LogP contribution >= 0.6 is 0 Å². The van der Waals surface area contributed by atoms with Gasteiger partial charge in [0.2, 0.25) is 0 Å². The van der Waals surface area contributed by atoms with Crippen LogP contribution in [0.1, 0.15) is 39.0 Å². The van der Waals surface area contributed by atoms with E-state index in [1.807, 2.05) is 0 Å². The third-order valence-electron chi connectivity index (χ3n) is 12.4. The number of rotatable bonds is 0. The highest BCUT2D eigenvalue weighted by atomic mass is 16.5. The second-order valence-corrected chi connectivity index (χ2v) is 11.3. The highest BCUT2D eigenvalue weighted by Gasteiger charge is 3.02. The SMILES string of the molecule is CC12C3C4CCCC4C4C3C3C1C1C5CCC1C21OCC41C53. The number of hydrogen-bond donors (Lipinski definition) is 0. The van der Waals surface area contributed by atoms with Gasteiger partial charge in [0.15, 0.2) is 0 Å². The molecular weight excluding hydrogens is 268 g/mol. The summed E-state index contributed by atoms with van der Waals surface area (Å²) in [6.45, 7) is 3.99. The quantitative estimate of drug-likeness (QED) is 0.663. The number of hydrogen-bond acceptors (Lipinski definition) is 1. The molecule has 0 bridgehead atoms. The normalized spacial score (nSPS) is 88.0. The minimum absolute atomic E-state index is 0.413. The molecule has 8 fully saturated rings. The van der Waals surface area contributed by atoms with Crippen molar-refractivity contribution in [2.45, 2.75) is 44.6 Å². The molecule has 0 radical (unpaired) electrons. The van der Waals surface area contributed by atoms with Crippen LogP contribution in [0.15, 0.2) is 0 Å². The lowest BCUT2D eigenvalue weighted by atomic mass is 9.40. The molecule has 1 aliphatic heterocycles. The maximum atomic E-state index is 6.86. The van der Waals surface area contributed by atoms with E-state index < -0.39 is 0 Å². The molecule has 2 spiro atoms. The first-order chi connectivity index (χ1) is 10.8. The molecule has 0 N–H and O–H groups in total. The minimum atomic E-state index is 0.413. The molecule has 0 aromatic rings. The van der Waals surface area contributed by atoms with Gasteiger partial charge < -0.3 is 4.74 Å². The largest absolute Gasteiger partial charge is 0.373 e. The Morgan fingerprint density at radius 1 is 0.773 bits per heavy atom. The van der Waals surface area contributed by atoms with Crippen molar-refractivity contribution in [3.05, 3.63) is 0 Å². The Labute approximate surface area is 132 Å². The van der Waals surface area contributed by atoms with Gasteiger partial charge >= 0.3 is 0 Å². The number of ether oxygens (including phenoxy) is 1. The summed E-state index contributed by atoms with van der Waals surface area (Å²) in [6.07, 6.45) is 7.89. The van der Waals surface area contributed by atoms with Gasteiger partial charge in [0.1, 0.15) is 0 Å². The first-order valence-corrected chi connectivity index (χ1v) is 10.4. The van der Waals surface area contributed by atoms with Crippen molar-refractivity contribution in [2.75, 3.05) is 6.61 Å². The van der Waals surface area contributed by atoms with Crippen LogP contribution in [0, 0.1) is 75.9 Å². The Morgan fingerprint density at radius 2 is 1.55 bits per heavy atom. The molecule has 7 saturated carbocycles. The van der Waals surface area contributed by atoms with E-state index >= 15 is 0 Å². The Morgan fingerprint density at radius 3 is 2.36 bits per heavy atom. The van der Waals surface area contributed by atoms with Crippen LogP contribution < -0.4 is 0 Å². The van der Waals surface area contributed by atoms with Crippen LogP contribution in [-0.2, 0) is 4.74 Å². The average molecular weight is 294 g/mol. The van der Waals surface area contributed by atoms with Crippen molar-refractivity contribution in [3.8, 4) is 0 Å². The Kier molecular flexibility index (Phi) is 1.21. The molecular formula is C21H26O. The summed E-state index contributed by atoms with van der Waals surface area (Å²) in [5.41, 5.74) is 1.75. The van der Waals surface area contributed by atoms with Gasteiger partial charge in [-0.05, 0) is 90.8 Å². The molecule has 14 atom stereocenters. The smallest absolute Gasteiger partial charge is 0.0856 e. The van der Waals surface area contributed by atoms with Crippen molar-refractivity contribution in [1.82, 2.24) is 0 Å². The fourth-order valence-corrected chi connectivity index (χ4v) is 13.5. The van der Waals surface area contributed by atoms with E-state index in [-0.39, 0.29) is 0 Å². The van der Waals surface area contributed by atoms with Crippen LogP contribution in [0.3, 0.4) is 0 Å². The second-order valence-electron chi connectivity index (χ2n) is 11.3. The molecule has 1 heteroatoms. The van der Waals surface area contributed by atoms with E-state index in [9.17, 15) is 0 Å². The summed E-state index contributed by atoms with van der Waals surface area (Å²) in [5, 5.41) is 0. The zero-order valence-corrected chi connectivity index (χ0v) is 13.5. The maximum Gasteiger partial charge on any atom is 0.0856 e. The van der Waals surface area contributed by atoms with Gasteiger partial charge in [-0.15, -0.1) is 0 Å². The molecule has 1 saturated heterocycles. The topological polar surface area (TPSA) is 9.23 Å². The van der Waals surface area contributed by atoms with Gasteiger partial charge in [0, 0.05) is 10.8 Å². The van der Waals surface area contributed by atoms with Crippen LogP contribution in [0.25, 0.3) is 0 Å². The molecule has 7 aliphatic carbocycles. The average Bonchev–Trinajstić information content (AvgIpc) is 3.18. The molecule has 0 amide bonds. The lowest BCUT2D eigenvalue weighted by Gasteiger charge is -2.73. The van der Waals surface area contributed by atoms with Crippen molar-refractivity contribution in [3.63, 3.8) is 0 Å². The summed E-state index contributed by atoms with van der Waals surface area (Å²) in [5.74, 6) is 12.4. The van der Waals surface area contributed by atoms with Gasteiger partial charge in [0.05, 0.1) is 12.2 Å². The molecule has 22 heavy (non-hydrogen) atoms. The lowest BCUT2D eigenvalue weighted by Crippen LogP contribution is -2.79. The van der Waals surface area contributed by atoms with Crippen molar-refractivity contribution < 1.29 is 4.74 Å². The van der Waals surface area contributed by atoms with Crippen LogP contribution in [0.4, 0.5) is 0 Å². The third-order valence-corrected chi connectivity index (χ3v) is 12.4. The van der Waals surface area contributed by atoms with Gasteiger partial charge in [-0.1, -0.05) is 13.3 Å². The summed E-state index contributed by atoms with van der Waals surface area (Å²) in [6, 6.07) is 0. The first kappa shape index (κ1) is 10.7. The fraction of sp³-hybridized carbons (Fsp3) is 1.00. The van der Waals surface area contributed by atoms with Crippen LogP contribution in [-0.4, -0.2) is 12.2 Å². The highest BCUT2D eigenvalue weighted by Crippen LogP contribution is 3.01. The van der Waals surface area contributed by atoms with Gasteiger partial charge in [-0.3, -0.25) is 0 Å². The Balaban J connectivity index is 1.48. The Bertz CT molecular complexity index is 683. The predicted molar refractivity (Wildman–Crippen MR) is 80.7 cm³/mol. The summed E-state index contributed by atoms with van der Waals surface area (Å²) < 4.78 is 6.86. The van der Waals surface area contributed by atoms with Crippen LogP contribution in [0.2, 0.25) is 0 Å². The highest BCUT2D eigenvalue weighted by molar-refractivity contribution is 5.49. The molecule has 8 aliphatic rings. The molecule has 14 unspecified atom stereocenters. The Hall–Kier alpha value is -0.0400. The lowest BCUT2D eigenvalue weighted by molar-refractivity contribution is -0.387. The molecule has 1 nitrogen and oxygen atoms in total. The predicted octanol–water partition coefficient (Wildman–Crippen LogP) is 3.59. The van der Waals surface area contributed by atoms with E-state index in [1.165, 1.54) is 18.4 Å². The zero-order valence-electron chi connectivity index (χ0n) is 13.5. The van der Waals surface area contributed by atoms with Gasteiger partial charge in [0.25, 0.3) is 0 Å². The van der Waals surface area contributed by atoms with Gasteiger partial charge in [-0.2, -0.15) is 0 Å². The van der Waals surface area contributed by atoms with E-state index in [0.717, 1.165) is 53.3 Å². The summed E-state index contributed by atoms with van der Waals surface area (Å²) in [7, 11) is 0. The fourth-order valence-electron chi connectivity index (χ4n) is 13.5. The molecule has 1 heterocycles. The third kappa shape index (κ3) is 0.553. The van der Waals surface area contributed by atoms with Crippen molar-refractivity contribution in [2.24, 2.45) is 75.9 Å². The minimum Gasteiger partial charge on any atom is -0.373 e. The summed E-state index contributed by atoms with van der Waals surface area (Å²) in [4.78, 5) is 0. The van der Waals surface area contributed by atoms with E-state index in [1.54, 1.807) is 32.1 Å². The van der Waals surface area contributed by atoms with Gasteiger partial charge in [-0.25, -0.2) is 0 Å². The van der Waals surface area contributed by atoms with E-state index in [2.05, 4.69) is 6.92 Å². The van der Waals surface area contributed by atoms with Crippen molar-refractivity contribution in [1.29, 1.82) is 0 Å². The molecule has 0 aromatic carbocycles.